The van der Waals surface area contributed by atoms with Crippen LogP contribution in [0.15, 0.2) is 72.8 Å². The molecule has 1 heterocycles. The number of nitrogens with one attached hydrogen (secondary N) is 1. The largest absolute Gasteiger partial charge is 0.493 e. The highest BCUT2D eigenvalue weighted by molar-refractivity contribution is 5.98. The lowest BCUT2D eigenvalue weighted by Gasteiger charge is -2.16. The molecule has 0 bridgehead atoms. The van der Waals surface area contributed by atoms with Crippen molar-refractivity contribution in [3.05, 3.63) is 83.9 Å². The number of hydrogen-bond acceptors (Lipinski definition) is 6. The van der Waals surface area contributed by atoms with Crippen LogP contribution in [0.2, 0.25) is 0 Å². The van der Waals surface area contributed by atoms with Crippen LogP contribution < -0.4 is 19.5 Å². The van der Waals surface area contributed by atoms with Gasteiger partial charge in [-0.05, 0) is 54.4 Å². The van der Waals surface area contributed by atoms with E-state index in [0.29, 0.717) is 25.4 Å². The Hall–Kier alpha value is -4.07. The number of halogens is 1. The summed E-state index contributed by atoms with van der Waals surface area (Å²) in [6.45, 7) is 2.84. The Morgan fingerprint density at radius 1 is 0.886 bits per heavy atom. The van der Waals surface area contributed by atoms with Gasteiger partial charge in [0.25, 0.3) is 0 Å². The number of hydrogen-bond donors (Lipinski definition) is 1. The molecule has 3 aromatic carbocycles. The molecule has 35 heavy (non-hydrogen) atoms. The van der Waals surface area contributed by atoms with Crippen molar-refractivity contribution in [2.45, 2.75) is 32.0 Å². The van der Waals surface area contributed by atoms with E-state index >= 15 is 0 Å². The predicted octanol–water partition coefficient (Wildman–Crippen LogP) is 5.67. The molecule has 1 atom stereocenters. The molecule has 4 rings (SSSR count). The fourth-order valence-electron chi connectivity index (χ4n) is 3.64. The van der Waals surface area contributed by atoms with Gasteiger partial charge in [-0.2, -0.15) is 0 Å². The highest BCUT2D eigenvalue weighted by atomic mass is 19.1. The molecule has 7 nitrogen and oxygen atoms in total. The van der Waals surface area contributed by atoms with Crippen LogP contribution in [0.3, 0.4) is 0 Å². The van der Waals surface area contributed by atoms with Gasteiger partial charge in [0.2, 0.25) is 0 Å². The lowest BCUT2D eigenvalue weighted by atomic mass is 10.1. The number of amides is 1. The summed E-state index contributed by atoms with van der Waals surface area (Å²) in [5.74, 6) is -1.33. The number of alkyl carbamates (subject to hydrolysis) is 1. The van der Waals surface area contributed by atoms with Crippen LogP contribution in [-0.2, 0) is 21.7 Å². The first-order valence-electron chi connectivity index (χ1n) is 11.4. The summed E-state index contributed by atoms with van der Waals surface area (Å²) in [5, 5.41) is 1.89. The average Bonchev–Trinajstić information content (AvgIpc) is 3.13. The Morgan fingerprint density at radius 2 is 1.66 bits per heavy atom. The van der Waals surface area contributed by atoms with Crippen LogP contribution in [0, 0.1) is 0 Å². The van der Waals surface area contributed by atoms with Gasteiger partial charge < -0.3 is 18.9 Å². The molecule has 0 spiro atoms. The van der Waals surface area contributed by atoms with Gasteiger partial charge in [0.15, 0.2) is 0 Å². The third-order valence-corrected chi connectivity index (χ3v) is 5.32. The third-order valence-electron chi connectivity index (χ3n) is 5.32. The normalized spacial score (nSPS) is 17.0. The van der Waals surface area contributed by atoms with Crippen molar-refractivity contribution in [1.82, 2.24) is 5.32 Å². The monoisotopic (exact) mass is 479 g/mol. The van der Waals surface area contributed by atoms with Crippen molar-refractivity contribution in [2.24, 2.45) is 0 Å². The predicted molar refractivity (Wildman–Crippen MR) is 126 cm³/mol. The molecule has 1 saturated heterocycles. The Labute approximate surface area is 202 Å². The maximum absolute atomic E-state index is 14.9. The van der Waals surface area contributed by atoms with E-state index in [1.54, 1.807) is 6.07 Å². The molecular formula is C27H26FNO6. The van der Waals surface area contributed by atoms with Crippen LogP contribution in [0.25, 0.3) is 0 Å². The van der Waals surface area contributed by atoms with Crippen molar-refractivity contribution in [3.63, 3.8) is 0 Å². The number of esters is 1. The zero-order valence-electron chi connectivity index (χ0n) is 19.3. The van der Waals surface area contributed by atoms with E-state index in [2.05, 4.69) is 11.7 Å². The Morgan fingerprint density at radius 3 is 2.40 bits per heavy atom. The second-order valence-electron chi connectivity index (χ2n) is 7.97. The minimum Gasteiger partial charge on any atom is -0.493 e. The van der Waals surface area contributed by atoms with Crippen LogP contribution >= 0.6 is 0 Å². The highest BCUT2D eigenvalue weighted by Gasteiger charge is 2.51. The summed E-state index contributed by atoms with van der Waals surface area (Å²) in [6.07, 6.45) is 1.28. The number of cyclic esters (lactones) is 2. The van der Waals surface area contributed by atoms with Crippen LogP contribution in [0.1, 0.15) is 30.9 Å². The van der Waals surface area contributed by atoms with Crippen LogP contribution in [0.5, 0.6) is 23.0 Å². The van der Waals surface area contributed by atoms with Gasteiger partial charge in [-0.3, -0.25) is 5.32 Å². The van der Waals surface area contributed by atoms with Crippen molar-refractivity contribution < 1.29 is 32.9 Å². The lowest BCUT2D eigenvalue weighted by Crippen LogP contribution is -2.38. The molecule has 8 heteroatoms. The second-order valence-corrected chi connectivity index (χ2v) is 7.97. The maximum Gasteiger partial charge on any atom is 0.418 e. The number of rotatable bonds is 11. The van der Waals surface area contributed by atoms with Crippen LogP contribution in [-0.4, -0.2) is 25.3 Å². The Balaban J connectivity index is 1.30. The molecule has 1 amide bonds. The molecule has 3 aromatic rings. The number of ether oxygens (including phenoxy) is 4. The molecule has 1 aliphatic heterocycles. The second kappa shape index (κ2) is 10.9. The third kappa shape index (κ3) is 5.90. The first kappa shape index (κ1) is 24.1. The zero-order valence-corrected chi connectivity index (χ0v) is 19.3. The first-order chi connectivity index (χ1) is 17.0. The van der Waals surface area contributed by atoms with E-state index in [1.165, 1.54) is 18.2 Å². The quantitative estimate of drug-likeness (QED) is 0.165. The molecule has 0 aliphatic carbocycles. The molecular weight excluding hydrogens is 453 g/mol. The van der Waals surface area contributed by atoms with Gasteiger partial charge in [0.05, 0.1) is 13.2 Å². The number of benzene rings is 3. The Kier molecular flexibility index (Phi) is 7.50. The number of carbonyl (C=O) groups excluding carboxylic acids is 2. The fourth-order valence-corrected chi connectivity index (χ4v) is 3.64. The smallest absolute Gasteiger partial charge is 0.418 e. The van der Waals surface area contributed by atoms with E-state index in [4.69, 9.17) is 14.2 Å². The minimum absolute atomic E-state index is 0.0656. The van der Waals surface area contributed by atoms with Gasteiger partial charge in [0.1, 0.15) is 23.0 Å². The minimum atomic E-state index is -2.72. The summed E-state index contributed by atoms with van der Waals surface area (Å²) in [6, 6.07) is 21.3. The maximum atomic E-state index is 14.9. The van der Waals surface area contributed by atoms with Crippen molar-refractivity contribution in [3.8, 4) is 23.0 Å². The van der Waals surface area contributed by atoms with Crippen LogP contribution in [0.4, 0.5) is 9.18 Å². The molecule has 182 valence electrons. The summed E-state index contributed by atoms with van der Waals surface area (Å²) in [5.41, 5.74) is 0.998. The van der Waals surface area contributed by atoms with Crippen molar-refractivity contribution in [2.75, 3.05) is 13.2 Å². The lowest BCUT2D eigenvalue weighted by molar-refractivity contribution is -0.146. The topological polar surface area (TPSA) is 83.1 Å². The molecule has 1 N–H and O–H groups in total. The van der Waals surface area contributed by atoms with E-state index in [9.17, 15) is 14.0 Å². The summed E-state index contributed by atoms with van der Waals surface area (Å²) in [4.78, 5) is 22.9. The number of alkyl halides is 1. The number of para-hydroxylation sites is 1. The zero-order chi connectivity index (χ0) is 24.7. The molecule has 0 radical (unpaired) electrons. The summed E-state index contributed by atoms with van der Waals surface area (Å²) < 4.78 is 36.7. The van der Waals surface area contributed by atoms with Gasteiger partial charge >= 0.3 is 17.9 Å². The van der Waals surface area contributed by atoms with E-state index < -0.39 is 17.9 Å². The van der Waals surface area contributed by atoms with E-state index in [1.807, 2.05) is 53.8 Å². The van der Waals surface area contributed by atoms with Crippen molar-refractivity contribution >= 4 is 12.1 Å². The van der Waals surface area contributed by atoms with Crippen molar-refractivity contribution in [1.29, 1.82) is 0 Å². The average molecular weight is 480 g/mol. The number of carbonyl (C=O) groups is 2. The van der Waals surface area contributed by atoms with Gasteiger partial charge in [-0.25, -0.2) is 14.0 Å². The van der Waals surface area contributed by atoms with E-state index in [-0.39, 0.29) is 5.56 Å². The fraction of sp³-hybridized carbons (Fsp3) is 0.259. The molecule has 0 aromatic heterocycles. The Bertz CT molecular complexity index is 1190. The van der Waals surface area contributed by atoms with Gasteiger partial charge in [0, 0.05) is 12.0 Å². The van der Waals surface area contributed by atoms with Gasteiger partial charge in [-0.15, -0.1) is 0 Å². The van der Waals surface area contributed by atoms with Gasteiger partial charge in [-0.1, -0.05) is 43.7 Å². The highest BCUT2D eigenvalue weighted by Crippen LogP contribution is 2.31. The first-order valence-corrected chi connectivity index (χ1v) is 11.4. The molecule has 1 aliphatic rings. The standard InChI is InChI=1S/C27H26FNO6/c1-2-8-19-17-23(34-21-10-4-3-5-11-21)13-14-24(19)33-16-7-15-32-22-12-6-9-20(18-22)27(28)25(30)35-26(31)29-27/h3-6,9-14,17-18H,2,7-8,15-16H2,1H3,(H,29,31). The SMILES string of the molecule is CCCc1cc(Oc2ccccc2)ccc1OCCCOc1cccc(C2(F)NC(=O)OC2=O)c1. The van der Waals surface area contributed by atoms with E-state index in [0.717, 1.165) is 35.7 Å². The number of aryl methyl sites for hydroxylation is 1. The molecule has 1 unspecified atom stereocenters. The molecule has 1 fully saturated rings. The molecule has 0 saturated carbocycles. The summed E-state index contributed by atoms with van der Waals surface area (Å²) in [7, 11) is 0. The summed E-state index contributed by atoms with van der Waals surface area (Å²) >= 11 is 0.